The summed E-state index contributed by atoms with van der Waals surface area (Å²) >= 11 is 0. The van der Waals surface area contributed by atoms with Crippen LogP contribution in [0.3, 0.4) is 0 Å². The Balaban J connectivity index is 2.40. The van der Waals surface area contributed by atoms with Crippen LogP contribution in [0.4, 0.5) is 0 Å². The van der Waals surface area contributed by atoms with E-state index < -0.39 is 71.3 Å². The minimum absolute atomic E-state index is 0.135. The molecule has 12 nitrogen and oxygen atoms in total. The molecule has 0 radical (unpaired) electrons. The first-order valence-electron chi connectivity index (χ1n) is 10.1. The number of benzene rings is 1. The number of ether oxygens (including phenoxy) is 5. The van der Waals surface area contributed by atoms with Crippen LogP contribution in [-0.2, 0) is 57.2 Å². The summed E-state index contributed by atoms with van der Waals surface area (Å²) in [5.41, 5.74) is 0.828. The van der Waals surface area contributed by atoms with Crippen molar-refractivity contribution in [2.24, 2.45) is 0 Å². The molecule has 1 aromatic rings. The lowest BCUT2D eigenvalue weighted by Gasteiger charge is -2.43. The number of carbonyl (C=O) groups excluding carboxylic acids is 4. The third-order valence-electron chi connectivity index (χ3n) is 4.48. The van der Waals surface area contributed by atoms with Crippen molar-refractivity contribution in [2.45, 2.75) is 70.2 Å². The van der Waals surface area contributed by atoms with Gasteiger partial charge in [0.15, 0.2) is 12.2 Å². The molecule has 1 saturated heterocycles. The van der Waals surface area contributed by atoms with E-state index in [4.69, 9.17) is 27.9 Å². The predicted molar refractivity (Wildman–Crippen MR) is 111 cm³/mol. The largest absolute Gasteiger partial charge is 0.456 e. The molecule has 1 aliphatic heterocycles. The van der Waals surface area contributed by atoms with Gasteiger partial charge in [0.1, 0.15) is 6.10 Å². The van der Waals surface area contributed by atoms with E-state index in [1.807, 2.05) is 0 Å². The summed E-state index contributed by atoms with van der Waals surface area (Å²) in [6, 6.07) is 5.84. The molecule has 0 unspecified atom stereocenters. The number of hydrogen-bond donors (Lipinski definition) is 0. The van der Waals surface area contributed by atoms with Gasteiger partial charge in [-0.05, 0) is 19.1 Å². The van der Waals surface area contributed by atoms with Crippen molar-refractivity contribution < 1.29 is 55.5 Å². The maximum Gasteiger partial charge on any atom is 0.305 e. The molecule has 1 aromatic carbocycles. The number of carbonyl (C=O) groups is 4. The summed E-state index contributed by atoms with van der Waals surface area (Å²) in [6.45, 7) is 5.29. The van der Waals surface area contributed by atoms with Crippen LogP contribution in [-0.4, -0.2) is 69.6 Å². The molecule has 188 valence electrons. The molecule has 13 heteroatoms. The van der Waals surface area contributed by atoms with E-state index in [1.165, 1.54) is 12.1 Å². The maximum atomic E-state index is 12.6. The highest BCUT2D eigenvalue weighted by atomic mass is 32.2. The molecule has 0 bridgehead atoms. The lowest BCUT2D eigenvalue weighted by Crippen LogP contribution is -2.63. The standard InChI is InChI=1S/C21H26O12S/c1-11-6-8-16(9-7-11)34(26,27)28-10-17-18(29-12(2)22)19(30-13(3)23)20(31-14(4)24)21(33-17)32-15(5)25/h6-9,17-21H,10H2,1-5H3/t17-,18-,19-,20-,21+/m0/s1. The number of hydrogen-bond acceptors (Lipinski definition) is 12. The van der Waals surface area contributed by atoms with Gasteiger partial charge >= 0.3 is 23.9 Å². The second kappa shape index (κ2) is 11.4. The second-order valence-electron chi connectivity index (χ2n) is 7.43. The highest BCUT2D eigenvalue weighted by Crippen LogP contribution is 2.30. The minimum atomic E-state index is -4.26. The fourth-order valence-corrected chi connectivity index (χ4v) is 4.10. The van der Waals surface area contributed by atoms with Gasteiger partial charge in [-0.2, -0.15) is 8.42 Å². The Morgan fingerprint density at radius 2 is 1.24 bits per heavy atom. The summed E-state index contributed by atoms with van der Waals surface area (Å²) < 4.78 is 56.6. The zero-order valence-electron chi connectivity index (χ0n) is 19.2. The Labute approximate surface area is 196 Å². The lowest BCUT2D eigenvalue weighted by atomic mass is 9.98. The summed E-state index contributed by atoms with van der Waals surface area (Å²) in [6.07, 6.45) is -7.50. The SMILES string of the molecule is CC(=O)O[C@@H]1O[C@@H](COS(=O)(=O)c2ccc(C)cc2)[C@H](OC(C)=O)[C@H](OC(C)=O)[C@@H]1OC(C)=O. The summed E-state index contributed by atoms with van der Waals surface area (Å²) in [7, 11) is -4.26. The van der Waals surface area contributed by atoms with Gasteiger partial charge in [-0.15, -0.1) is 0 Å². The van der Waals surface area contributed by atoms with Crippen LogP contribution in [0, 0.1) is 6.92 Å². The fraction of sp³-hybridized carbons (Fsp3) is 0.524. The first kappa shape index (κ1) is 27.2. The van der Waals surface area contributed by atoms with Gasteiger partial charge in [0.05, 0.1) is 11.5 Å². The Hall–Kier alpha value is -3.03. The molecule has 0 aromatic heterocycles. The van der Waals surface area contributed by atoms with Crippen LogP contribution in [0.15, 0.2) is 29.2 Å². The van der Waals surface area contributed by atoms with Gasteiger partial charge < -0.3 is 23.7 Å². The van der Waals surface area contributed by atoms with Gasteiger partial charge in [-0.25, -0.2) is 0 Å². The fourth-order valence-electron chi connectivity index (χ4n) is 3.18. The zero-order valence-corrected chi connectivity index (χ0v) is 20.0. The number of aryl methyl sites for hydroxylation is 1. The number of esters is 4. The van der Waals surface area contributed by atoms with Gasteiger partial charge in [-0.3, -0.25) is 23.4 Å². The highest BCUT2D eigenvalue weighted by Gasteiger charge is 2.53. The lowest BCUT2D eigenvalue weighted by molar-refractivity contribution is -0.298. The topological polar surface area (TPSA) is 158 Å². The number of rotatable bonds is 8. The highest BCUT2D eigenvalue weighted by molar-refractivity contribution is 7.86. The van der Waals surface area contributed by atoms with Crippen LogP contribution in [0.2, 0.25) is 0 Å². The summed E-state index contributed by atoms with van der Waals surface area (Å²) in [5.74, 6) is -3.33. The normalized spacial score (nSPS) is 24.6. The molecule has 1 aliphatic rings. The van der Waals surface area contributed by atoms with Gasteiger partial charge in [-0.1, -0.05) is 17.7 Å². The van der Waals surface area contributed by atoms with E-state index >= 15 is 0 Å². The minimum Gasteiger partial charge on any atom is -0.456 e. The Morgan fingerprint density at radius 3 is 1.74 bits per heavy atom. The van der Waals surface area contributed by atoms with Gasteiger partial charge in [0, 0.05) is 27.7 Å². The van der Waals surface area contributed by atoms with Crippen LogP contribution >= 0.6 is 0 Å². The molecule has 0 saturated carbocycles. The first-order valence-corrected chi connectivity index (χ1v) is 11.5. The second-order valence-corrected chi connectivity index (χ2v) is 9.04. The molecular weight excluding hydrogens is 476 g/mol. The molecule has 0 N–H and O–H groups in total. The summed E-state index contributed by atoms with van der Waals surface area (Å²) in [4.78, 5) is 46.6. The van der Waals surface area contributed by atoms with E-state index in [2.05, 4.69) is 0 Å². The van der Waals surface area contributed by atoms with Gasteiger partial charge in [0.2, 0.25) is 12.4 Å². The van der Waals surface area contributed by atoms with Crippen LogP contribution in [0.5, 0.6) is 0 Å². The Morgan fingerprint density at radius 1 is 0.765 bits per heavy atom. The van der Waals surface area contributed by atoms with Crippen molar-refractivity contribution in [3.63, 3.8) is 0 Å². The average molecular weight is 502 g/mol. The molecule has 0 spiro atoms. The van der Waals surface area contributed by atoms with Crippen molar-refractivity contribution in [3.8, 4) is 0 Å². The van der Waals surface area contributed by atoms with Crippen LogP contribution in [0.1, 0.15) is 33.3 Å². The van der Waals surface area contributed by atoms with E-state index in [0.717, 1.165) is 33.3 Å². The molecule has 1 heterocycles. The average Bonchev–Trinajstić information content (AvgIpc) is 2.70. The summed E-state index contributed by atoms with van der Waals surface area (Å²) in [5, 5.41) is 0. The van der Waals surface area contributed by atoms with Crippen molar-refractivity contribution in [2.75, 3.05) is 6.61 Å². The smallest absolute Gasteiger partial charge is 0.305 e. The van der Waals surface area contributed by atoms with Crippen LogP contribution in [0.25, 0.3) is 0 Å². The molecule has 0 aliphatic carbocycles. The predicted octanol–water partition coefficient (Wildman–Crippen LogP) is 0.783. The van der Waals surface area contributed by atoms with Gasteiger partial charge in [0.25, 0.3) is 10.1 Å². The first-order chi connectivity index (χ1) is 15.8. The van der Waals surface area contributed by atoms with Crippen molar-refractivity contribution in [1.29, 1.82) is 0 Å². The third-order valence-corrected chi connectivity index (χ3v) is 5.77. The van der Waals surface area contributed by atoms with E-state index in [0.29, 0.717) is 0 Å². The maximum absolute atomic E-state index is 12.6. The van der Waals surface area contributed by atoms with E-state index in [9.17, 15) is 27.6 Å². The quantitative estimate of drug-likeness (QED) is 0.280. The third kappa shape index (κ3) is 7.50. The molecule has 0 amide bonds. The molecular formula is C21H26O12S. The van der Waals surface area contributed by atoms with Crippen molar-refractivity contribution in [3.05, 3.63) is 29.8 Å². The Kier molecular flexibility index (Phi) is 9.13. The van der Waals surface area contributed by atoms with E-state index in [1.54, 1.807) is 19.1 Å². The molecule has 34 heavy (non-hydrogen) atoms. The molecule has 2 rings (SSSR count). The Bertz CT molecular complexity index is 1020. The molecule has 5 atom stereocenters. The monoisotopic (exact) mass is 502 g/mol. The van der Waals surface area contributed by atoms with E-state index in [-0.39, 0.29) is 4.90 Å². The van der Waals surface area contributed by atoms with Crippen LogP contribution < -0.4 is 0 Å². The zero-order chi connectivity index (χ0) is 25.6. The van der Waals surface area contributed by atoms with Crippen molar-refractivity contribution >= 4 is 34.0 Å². The molecule has 1 fully saturated rings. The van der Waals surface area contributed by atoms with Crippen molar-refractivity contribution in [1.82, 2.24) is 0 Å².